The Labute approximate surface area is 190 Å². The molecule has 0 aliphatic heterocycles. The van der Waals surface area contributed by atoms with E-state index in [9.17, 15) is 4.79 Å². The zero-order valence-electron chi connectivity index (χ0n) is 19.9. The van der Waals surface area contributed by atoms with Gasteiger partial charge in [-0.3, -0.25) is 0 Å². The molecule has 0 bridgehead atoms. The number of unbranched alkanes of at least 4 members (excludes halogenated alkanes) is 1. The lowest BCUT2D eigenvalue weighted by Crippen LogP contribution is -2.33. The van der Waals surface area contributed by atoms with Crippen LogP contribution in [0.3, 0.4) is 0 Å². The van der Waals surface area contributed by atoms with E-state index in [1.54, 1.807) is 19.2 Å². The maximum Gasteiger partial charge on any atom is 0.130 e. The highest BCUT2D eigenvalue weighted by Crippen LogP contribution is 2.45. The highest BCUT2D eigenvalue weighted by Gasteiger charge is 2.35. The molecule has 31 heavy (non-hydrogen) atoms. The van der Waals surface area contributed by atoms with E-state index < -0.39 is 0 Å². The summed E-state index contributed by atoms with van der Waals surface area (Å²) in [5.74, 6) is 0.963. The minimum absolute atomic E-state index is 0.162. The molecule has 0 aromatic rings. The van der Waals surface area contributed by atoms with Gasteiger partial charge in [0.25, 0.3) is 0 Å². The van der Waals surface area contributed by atoms with Gasteiger partial charge in [0.05, 0.1) is 0 Å². The van der Waals surface area contributed by atoms with Crippen LogP contribution in [0.5, 0.6) is 0 Å². The van der Waals surface area contributed by atoms with Crippen molar-refractivity contribution >= 4 is 12.0 Å². The second-order valence-corrected chi connectivity index (χ2v) is 8.88. The van der Waals surface area contributed by atoms with Gasteiger partial charge >= 0.3 is 0 Å². The normalized spacial score (nSPS) is 15.7. The summed E-state index contributed by atoms with van der Waals surface area (Å²) in [5, 5.41) is 6.76. The summed E-state index contributed by atoms with van der Waals surface area (Å²) in [5.41, 5.74) is 6.54. The predicted octanol–water partition coefficient (Wildman–Crippen LogP) is 4.12. The SMILES string of the molecule is C=C(CC1(CC(C)=O)CCCC1)NCCCCN(CCC)CCNC(=C)N=C/C=C\N. The van der Waals surface area contributed by atoms with Crippen molar-refractivity contribution in [3.8, 4) is 0 Å². The molecular formula is C25H45N5O. The number of ketones is 1. The Morgan fingerprint density at radius 3 is 2.48 bits per heavy atom. The lowest BCUT2D eigenvalue weighted by molar-refractivity contribution is -0.119. The number of hydrogen-bond acceptors (Lipinski definition) is 6. The number of nitrogens with zero attached hydrogens (tertiary/aromatic N) is 2. The molecule has 0 amide bonds. The van der Waals surface area contributed by atoms with Gasteiger partial charge in [0, 0.05) is 38.0 Å². The highest BCUT2D eigenvalue weighted by molar-refractivity contribution is 5.76. The molecule has 6 nitrogen and oxygen atoms in total. The van der Waals surface area contributed by atoms with Crippen molar-refractivity contribution in [3.05, 3.63) is 37.0 Å². The van der Waals surface area contributed by atoms with E-state index in [0.29, 0.717) is 18.0 Å². The van der Waals surface area contributed by atoms with Gasteiger partial charge in [0.2, 0.25) is 0 Å². The smallest absolute Gasteiger partial charge is 0.130 e. The Balaban J connectivity index is 2.23. The zero-order chi connectivity index (χ0) is 23.0. The minimum atomic E-state index is 0.162. The molecule has 0 atom stereocenters. The number of aliphatic imine (C=N–C) groups is 1. The number of rotatable bonds is 18. The fourth-order valence-corrected chi connectivity index (χ4v) is 4.55. The predicted molar refractivity (Wildman–Crippen MR) is 133 cm³/mol. The Hall–Kier alpha value is -2.08. The number of carbonyl (C=O) groups excluding carboxylic acids is 1. The van der Waals surface area contributed by atoms with Gasteiger partial charge in [-0.1, -0.05) is 32.9 Å². The molecule has 0 radical (unpaired) electrons. The molecular weight excluding hydrogens is 386 g/mol. The number of allylic oxidation sites excluding steroid dienone is 2. The first-order valence-electron chi connectivity index (χ1n) is 11.9. The maximum absolute atomic E-state index is 11.7. The van der Waals surface area contributed by atoms with Crippen molar-refractivity contribution < 1.29 is 4.79 Å². The van der Waals surface area contributed by atoms with Crippen molar-refractivity contribution in [2.75, 3.05) is 32.7 Å². The molecule has 1 aliphatic rings. The molecule has 1 saturated carbocycles. The van der Waals surface area contributed by atoms with Crippen LogP contribution in [-0.4, -0.2) is 49.6 Å². The van der Waals surface area contributed by atoms with Gasteiger partial charge in [-0.05, 0) is 76.2 Å². The summed E-state index contributed by atoms with van der Waals surface area (Å²) in [6, 6.07) is 0. The number of nitrogens with one attached hydrogen (secondary N) is 2. The molecule has 0 aromatic carbocycles. The van der Waals surface area contributed by atoms with Crippen molar-refractivity contribution in [2.24, 2.45) is 16.1 Å². The van der Waals surface area contributed by atoms with Crippen LogP contribution in [0.25, 0.3) is 0 Å². The van der Waals surface area contributed by atoms with E-state index in [0.717, 1.165) is 76.9 Å². The number of nitrogens with two attached hydrogens (primary N) is 1. The summed E-state index contributed by atoms with van der Waals surface area (Å²) >= 11 is 0. The topological polar surface area (TPSA) is 82.8 Å². The van der Waals surface area contributed by atoms with Gasteiger partial charge in [-0.15, -0.1) is 0 Å². The fraction of sp³-hybridized carbons (Fsp3) is 0.680. The van der Waals surface area contributed by atoms with E-state index in [4.69, 9.17) is 5.73 Å². The Morgan fingerprint density at radius 1 is 1.10 bits per heavy atom. The van der Waals surface area contributed by atoms with E-state index in [1.165, 1.54) is 19.0 Å². The first-order valence-corrected chi connectivity index (χ1v) is 11.9. The first kappa shape index (κ1) is 27.0. The molecule has 1 aliphatic carbocycles. The molecule has 0 unspecified atom stereocenters. The zero-order valence-corrected chi connectivity index (χ0v) is 19.9. The Morgan fingerprint density at radius 2 is 1.84 bits per heavy atom. The van der Waals surface area contributed by atoms with Gasteiger partial charge in [-0.2, -0.15) is 0 Å². The Bertz CT molecular complexity index is 605. The first-order chi connectivity index (χ1) is 14.9. The second kappa shape index (κ2) is 15.7. The van der Waals surface area contributed by atoms with E-state index in [1.807, 2.05) is 0 Å². The van der Waals surface area contributed by atoms with E-state index >= 15 is 0 Å². The van der Waals surface area contributed by atoms with Crippen LogP contribution in [0.4, 0.5) is 0 Å². The number of carbonyl (C=O) groups is 1. The standard InChI is InChI=1S/C25H45N5O/c1-5-17-30(19-16-29-24(4)28-15-10-13-26)18-9-8-14-27-22(2)20-25(21-23(3)31)11-6-7-12-25/h10,13,15,27,29H,2,4-9,11-12,14,16-21,26H2,1,3H3/b13-10-,28-15?. The molecule has 1 fully saturated rings. The fourth-order valence-electron chi connectivity index (χ4n) is 4.55. The van der Waals surface area contributed by atoms with Crippen molar-refractivity contribution in [1.82, 2.24) is 15.5 Å². The minimum Gasteiger partial charge on any atom is -0.405 e. The quantitative estimate of drug-likeness (QED) is 0.225. The van der Waals surface area contributed by atoms with Crippen molar-refractivity contribution in [1.29, 1.82) is 0 Å². The summed E-state index contributed by atoms with van der Waals surface area (Å²) in [6.07, 6.45) is 14.6. The number of Topliss-reactive ketones (excluding diaryl/α,β-unsaturated/α-hetero) is 1. The molecule has 4 N–H and O–H groups in total. The molecule has 0 aromatic heterocycles. The van der Waals surface area contributed by atoms with E-state index in [2.05, 4.69) is 40.6 Å². The third-order valence-corrected chi connectivity index (χ3v) is 5.88. The van der Waals surface area contributed by atoms with Gasteiger partial charge < -0.3 is 26.1 Å². The largest absolute Gasteiger partial charge is 0.405 e. The second-order valence-electron chi connectivity index (χ2n) is 8.88. The van der Waals surface area contributed by atoms with Crippen LogP contribution in [0.1, 0.15) is 71.6 Å². The number of hydrogen-bond donors (Lipinski definition) is 3. The van der Waals surface area contributed by atoms with E-state index in [-0.39, 0.29) is 5.41 Å². The average molecular weight is 432 g/mol. The molecule has 1 rings (SSSR count). The Kier molecular flexibility index (Phi) is 13.6. The van der Waals surface area contributed by atoms with Crippen LogP contribution in [-0.2, 0) is 4.79 Å². The lowest BCUT2D eigenvalue weighted by Gasteiger charge is -2.29. The van der Waals surface area contributed by atoms with Crippen LogP contribution in [0, 0.1) is 5.41 Å². The van der Waals surface area contributed by atoms with Crippen LogP contribution < -0.4 is 16.4 Å². The molecule has 176 valence electrons. The maximum atomic E-state index is 11.7. The van der Waals surface area contributed by atoms with Crippen LogP contribution >= 0.6 is 0 Å². The highest BCUT2D eigenvalue weighted by atomic mass is 16.1. The van der Waals surface area contributed by atoms with Crippen LogP contribution in [0.15, 0.2) is 41.9 Å². The third kappa shape index (κ3) is 12.4. The molecule has 0 heterocycles. The summed E-state index contributed by atoms with van der Waals surface area (Å²) in [7, 11) is 0. The summed E-state index contributed by atoms with van der Waals surface area (Å²) < 4.78 is 0. The monoisotopic (exact) mass is 431 g/mol. The average Bonchev–Trinajstić information content (AvgIpc) is 3.14. The van der Waals surface area contributed by atoms with Gasteiger partial charge in [-0.25, -0.2) is 4.99 Å². The van der Waals surface area contributed by atoms with Gasteiger partial charge in [0.15, 0.2) is 0 Å². The molecule has 0 saturated heterocycles. The van der Waals surface area contributed by atoms with Crippen molar-refractivity contribution in [2.45, 2.75) is 71.6 Å². The molecule has 6 heteroatoms. The molecule has 0 spiro atoms. The van der Waals surface area contributed by atoms with Crippen molar-refractivity contribution in [3.63, 3.8) is 0 Å². The van der Waals surface area contributed by atoms with Gasteiger partial charge in [0.1, 0.15) is 11.6 Å². The summed E-state index contributed by atoms with van der Waals surface area (Å²) in [6.45, 7) is 17.0. The summed E-state index contributed by atoms with van der Waals surface area (Å²) in [4.78, 5) is 18.3. The van der Waals surface area contributed by atoms with Crippen LogP contribution in [0.2, 0.25) is 0 Å². The third-order valence-electron chi connectivity index (χ3n) is 5.88. The lowest BCUT2D eigenvalue weighted by atomic mass is 9.77.